The Morgan fingerprint density at radius 3 is 2.88 bits per heavy atom. The molecule has 0 aromatic heterocycles. The lowest BCUT2D eigenvalue weighted by atomic mass is 9.99. The van der Waals surface area contributed by atoms with E-state index in [1.165, 1.54) is 25.5 Å². The summed E-state index contributed by atoms with van der Waals surface area (Å²) in [5, 5.41) is 0. The first-order valence-corrected chi connectivity index (χ1v) is 5.58. The molecule has 84 valence electrons. The van der Waals surface area contributed by atoms with Crippen LogP contribution in [0.15, 0.2) is 30.9 Å². The van der Waals surface area contributed by atoms with Crippen molar-refractivity contribution in [2.24, 2.45) is 0 Å². The average molecular weight is 216 g/mol. The van der Waals surface area contributed by atoms with Crippen LogP contribution in [0, 0.1) is 0 Å². The highest BCUT2D eigenvalue weighted by Crippen LogP contribution is 2.42. The first kappa shape index (κ1) is 10.9. The molecule has 2 heteroatoms. The molecule has 1 saturated carbocycles. The van der Waals surface area contributed by atoms with Crippen LogP contribution < -0.4 is 0 Å². The second-order valence-electron chi connectivity index (χ2n) is 4.18. The van der Waals surface area contributed by atoms with E-state index in [9.17, 15) is 4.79 Å². The molecule has 0 atom stereocenters. The predicted molar refractivity (Wildman–Crippen MR) is 63.7 cm³/mol. The minimum Gasteiger partial charge on any atom is -0.465 e. The molecule has 0 amide bonds. The molecule has 1 fully saturated rings. The SMILES string of the molecule is C=CCc1ccc(C(=O)OC)c(C2CC2)c1. The van der Waals surface area contributed by atoms with Crippen LogP contribution in [0.25, 0.3) is 0 Å². The maximum atomic E-state index is 11.6. The fourth-order valence-corrected chi connectivity index (χ4v) is 1.93. The number of allylic oxidation sites excluding steroid dienone is 1. The Hall–Kier alpha value is -1.57. The third-order valence-electron chi connectivity index (χ3n) is 2.92. The van der Waals surface area contributed by atoms with Crippen molar-refractivity contribution in [3.8, 4) is 0 Å². The summed E-state index contributed by atoms with van der Waals surface area (Å²) >= 11 is 0. The molecule has 0 bridgehead atoms. The highest BCUT2D eigenvalue weighted by atomic mass is 16.5. The molecule has 2 nitrogen and oxygen atoms in total. The molecule has 0 aliphatic heterocycles. The van der Waals surface area contributed by atoms with E-state index in [-0.39, 0.29) is 5.97 Å². The number of rotatable bonds is 4. The third-order valence-corrected chi connectivity index (χ3v) is 2.92. The lowest BCUT2D eigenvalue weighted by Gasteiger charge is -2.08. The van der Waals surface area contributed by atoms with Crippen molar-refractivity contribution < 1.29 is 9.53 Å². The molecule has 0 saturated heterocycles. The monoisotopic (exact) mass is 216 g/mol. The van der Waals surface area contributed by atoms with Gasteiger partial charge >= 0.3 is 5.97 Å². The molecule has 0 radical (unpaired) electrons. The Labute approximate surface area is 95.9 Å². The largest absolute Gasteiger partial charge is 0.465 e. The van der Waals surface area contributed by atoms with Crippen molar-refractivity contribution in [1.29, 1.82) is 0 Å². The van der Waals surface area contributed by atoms with Gasteiger partial charge in [-0.25, -0.2) is 4.79 Å². The van der Waals surface area contributed by atoms with E-state index < -0.39 is 0 Å². The molecular formula is C14H16O2. The van der Waals surface area contributed by atoms with Crippen molar-refractivity contribution in [2.45, 2.75) is 25.2 Å². The summed E-state index contributed by atoms with van der Waals surface area (Å²) in [5.41, 5.74) is 3.08. The highest BCUT2D eigenvalue weighted by Gasteiger charge is 2.28. The van der Waals surface area contributed by atoms with E-state index in [0.29, 0.717) is 5.92 Å². The van der Waals surface area contributed by atoms with Gasteiger partial charge in [-0.15, -0.1) is 6.58 Å². The molecule has 1 aliphatic carbocycles. The van der Waals surface area contributed by atoms with Crippen LogP contribution in [0.2, 0.25) is 0 Å². The first-order valence-electron chi connectivity index (χ1n) is 5.58. The molecular weight excluding hydrogens is 200 g/mol. The van der Waals surface area contributed by atoms with Crippen molar-refractivity contribution in [3.63, 3.8) is 0 Å². The lowest BCUT2D eigenvalue weighted by Crippen LogP contribution is -2.05. The first-order chi connectivity index (χ1) is 7.76. The van der Waals surface area contributed by atoms with E-state index in [4.69, 9.17) is 4.74 Å². The number of hydrogen-bond acceptors (Lipinski definition) is 2. The Bertz CT molecular complexity index is 417. The molecule has 1 aliphatic rings. The van der Waals surface area contributed by atoms with Crippen molar-refractivity contribution in [2.75, 3.05) is 7.11 Å². The predicted octanol–water partition coefficient (Wildman–Crippen LogP) is 3.08. The number of hydrogen-bond donors (Lipinski definition) is 0. The molecule has 0 unspecified atom stereocenters. The summed E-state index contributed by atoms with van der Waals surface area (Å²) in [7, 11) is 1.43. The van der Waals surface area contributed by atoms with E-state index in [0.717, 1.165) is 17.5 Å². The lowest BCUT2D eigenvalue weighted by molar-refractivity contribution is 0.0599. The summed E-state index contributed by atoms with van der Waals surface area (Å²) in [6.07, 6.45) is 5.09. The summed E-state index contributed by atoms with van der Waals surface area (Å²) in [5.74, 6) is 0.325. The molecule has 1 aromatic carbocycles. The molecule has 16 heavy (non-hydrogen) atoms. The number of methoxy groups -OCH3 is 1. The van der Waals surface area contributed by atoms with Gasteiger partial charge in [0.05, 0.1) is 12.7 Å². The standard InChI is InChI=1S/C14H16O2/c1-3-4-10-5-8-12(14(15)16-2)13(9-10)11-6-7-11/h3,5,8-9,11H,1,4,6-7H2,2H3. The van der Waals surface area contributed by atoms with E-state index in [2.05, 4.69) is 12.6 Å². The summed E-state index contributed by atoms with van der Waals surface area (Å²) in [4.78, 5) is 11.6. The minimum atomic E-state index is -0.230. The van der Waals surface area contributed by atoms with Gasteiger partial charge in [-0.05, 0) is 42.4 Å². The Morgan fingerprint density at radius 2 is 2.31 bits per heavy atom. The van der Waals surface area contributed by atoms with Crippen LogP contribution in [0.4, 0.5) is 0 Å². The van der Waals surface area contributed by atoms with Gasteiger partial charge in [-0.3, -0.25) is 0 Å². The zero-order valence-electron chi connectivity index (χ0n) is 9.53. The van der Waals surface area contributed by atoms with Gasteiger partial charge in [0.25, 0.3) is 0 Å². The maximum absolute atomic E-state index is 11.6. The van der Waals surface area contributed by atoms with Gasteiger partial charge in [-0.2, -0.15) is 0 Å². The Kier molecular flexibility index (Phi) is 3.09. The number of carbonyl (C=O) groups excluding carboxylic acids is 1. The molecule has 0 heterocycles. The van der Waals surface area contributed by atoms with Gasteiger partial charge in [0.2, 0.25) is 0 Å². The average Bonchev–Trinajstić information content (AvgIpc) is 3.12. The van der Waals surface area contributed by atoms with E-state index in [1.54, 1.807) is 0 Å². The number of esters is 1. The van der Waals surface area contributed by atoms with Gasteiger partial charge < -0.3 is 4.74 Å². The smallest absolute Gasteiger partial charge is 0.338 e. The van der Waals surface area contributed by atoms with Crippen LogP contribution in [-0.2, 0) is 11.2 Å². The highest BCUT2D eigenvalue weighted by molar-refractivity contribution is 5.91. The molecule has 0 N–H and O–H groups in total. The van der Waals surface area contributed by atoms with Gasteiger partial charge in [-0.1, -0.05) is 18.2 Å². The van der Waals surface area contributed by atoms with Crippen LogP contribution in [0.5, 0.6) is 0 Å². The number of carbonyl (C=O) groups is 1. The van der Waals surface area contributed by atoms with Crippen molar-refractivity contribution >= 4 is 5.97 Å². The minimum absolute atomic E-state index is 0.230. The molecule has 0 spiro atoms. The normalized spacial score (nSPS) is 14.6. The summed E-state index contributed by atoms with van der Waals surface area (Å²) in [6, 6.07) is 5.96. The zero-order valence-corrected chi connectivity index (χ0v) is 9.53. The van der Waals surface area contributed by atoms with Crippen LogP contribution >= 0.6 is 0 Å². The van der Waals surface area contributed by atoms with Crippen molar-refractivity contribution in [3.05, 3.63) is 47.5 Å². The van der Waals surface area contributed by atoms with Crippen LogP contribution in [0.1, 0.15) is 40.2 Å². The number of benzene rings is 1. The molecule has 1 aromatic rings. The van der Waals surface area contributed by atoms with Gasteiger partial charge in [0.1, 0.15) is 0 Å². The van der Waals surface area contributed by atoms with Crippen LogP contribution in [-0.4, -0.2) is 13.1 Å². The van der Waals surface area contributed by atoms with Crippen molar-refractivity contribution in [1.82, 2.24) is 0 Å². The Morgan fingerprint density at radius 1 is 1.56 bits per heavy atom. The van der Waals surface area contributed by atoms with E-state index >= 15 is 0 Å². The van der Waals surface area contributed by atoms with Crippen LogP contribution in [0.3, 0.4) is 0 Å². The second-order valence-corrected chi connectivity index (χ2v) is 4.18. The topological polar surface area (TPSA) is 26.3 Å². The second kappa shape index (κ2) is 4.52. The summed E-state index contributed by atoms with van der Waals surface area (Å²) in [6.45, 7) is 3.73. The fourth-order valence-electron chi connectivity index (χ4n) is 1.93. The fraction of sp³-hybridized carbons (Fsp3) is 0.357. The third kappa shape index (κ3) is 2.16. The summed E-state index contributed by atoms with van der Waals surface area (Å²) < 4.78 is 4.80. The zero-order chi connectivity index (χ0) is 11.5. The van der Waals surface area contributed by atoms with E-state index in [1.807, 2.05) is 18.2 Å². The quantitative estimate of drug-likeness (QED) is 0.571. The molecule has 2 rings (SSSR count). The van der Waals surface area contributed by atoms with Gasteiger partial charge in [0, 0.05) is 0 Å². The maximum Gasteiger partial charge on any atom is 0.338 e. The Balaban J connectivity index is 2.36. The number of ether oxygens (including phenoxy) is 1. The van der Waals surface area contributed by atoms with Gasteiger partial charge in [0.15, 0.2) is 0 Å².